The number of para-hydroxylation sites is 1. The van der Waals surface area contributed by atoms with Crippen molar-refractivity contribution in [2.45, 2.75) is 0 Å². The van der Waals surface area contributed by atoms with Gasteiger partial charge in [-0.25, -0.2) is 4.98 Å². The summed E-state index contributed by atoms with van der Waals surface area (Å²) in [6.07, 6.45) is 1.97. The summed E-state index contributed by atoms with van der Waals surface area (Å²) < 4.78 is 0. The van der Waals surface area contributed by atoms with Crippen LogP contribution in [0.15, 0.2) is 66.9 Å². The Morgan fingerprint density at radius 1 is 1.03 bits per heavy atom. The molecule has 5 rings (SSSR count). The van der Waals surface area contributed by atoms with E-state index in [-0.39, 0.29) is 10.1 Å². The van der Waals surface area contributed by atoms with Crippen LogP contribution in [0.3, 0.4) is 0 Å². The van der Waals surface area contributed by atoms with E-state index in [1.165, 1.54) is 0 Å². The fourth-order valence-electron chi connectivity index (χ4n) is 3.99. The minimum absolute atomic E-state index is 0. The van der Waals surface area contributed by atoms with Gasteiger partial charge >= 0.3 is 0 Å². The number of benzene rings is 2. The smallest absolute Gasteiger partial charge is 0.213 e. The molecule has 2 aromatic heterocycles. The predicted octanol–water partition coefficient (Wildman–Crippen LogP) is 4.19. The SMILES string of the molecule is Nc1ccc(-c2c[nH]c3ccccc23)cc1C(=O)c1cccc(N2CCNCC2)n1.[HH].[HH].[HH]. The van der Waals surface area contributed by atoms with Crippen molar-refractivity contribution in [2.75, 3.05) is 36.8 Å². The van der Waals surface area contributed by atoms with E-state index in [0.717, 1.165) is 54.0 Å². The number of nitrogens with one attached hydrogen (secondary N) is 2. The van der Waals surface area contributed by atoms with E-state index in [1.807, 2.05) is 48.7 Å². The summed E-state index contributed by atoms with van der Waals surface area (Å²) in [6.45, 7) is 3.59. The number of nitrogens with two attached hydrogens (primary N) is 1. The van der Waals surface area contributed by atoms with Gasteiger partial charge in [0.15, 0.2) is 0 Å². The van der Waals surface area contributed by atoms with Gasteiger partial charge in [0.2, 0.25) is 5.78 Å². The van der Waals surface area contributed by atoms with Gasteiger partial charge < -0.3 is 20.9 Å². The fourth-order valence-corrected chi connectivity index (χ4v) is 3.99. The van der Waals surface area contributed by atoms with Crippen LogP contribution in [0.1, 0.15) is 20.3 Å². The highest BCUT2D eigenvalue weighted by molar-refractivity contribution is 6.12. The molecule has 0 amide bonds. The third-order valence-corrected chi connectivity index (χ3v) is 5.61. The Hall–Kier alpha value is -3.64. The van der Waals surface area contributed by atoms with Crippen LogP contribution in [0.25, 0.3) is 22.0 Å². The van der Waals surface area contributed by atoms with Crippen molar-refractivity contribution >= 4 is 28.2 Å². The molecule has 156 valence electrons. The van der Waals surface area contributed by atoms with E-state index in [1.54, 1.807) is 12.1 Å². The van der Waals surface area contributed by atoms with Crippen molar-refractivity contribution in [3.63, 3.8) is 0 Å². The van der Waals surface area contributed by atoms with E-state index in [9.17, 15) is 4.79 Å². The van der Waals surface area contributed by atoms with E-state index < -0.39 is 0 Å². The molecule has 6 nitrogen and oxygen atoms in total. The fraction of sp³-hybridized carbons (Fsp3) is 0.167. The molecule has 0 spiro atoms. The highest BCUT2D eigenvalue weighted by Crippen LogP contribution is 2.31. The monoisotopic (exact) mass is 403 g/mol. The quantitative estimate of drug-likeness (QED) is 0.351. The van der Waals surface area contributed by atoms with Crippen molar-refractivity contribution in [3.05, 3.63) is 78.1 Å². The highest BCUT2D eigenvalue weighted by Gasteiger charge is 2.18. The van der Waals surface area contributed by atoms with Crippen molar-refractivity contribution in [2.24, 2.45) is 0 Å². The zero-order chi connectivity index (χ0) is 20.5. The van der Waals surface area contributed by atoms with Gasteiger partial charge in [0.1, 0.15) is 11.5 Å². The van der Waals surface area contributed by atoms with E-state index in [4.69, 9.17) is 5.73 Å². The van der Waals surface area contributed by atoms with Crippen LogP contribution in [0.4, 0.5) is 11.5 Å². The number of nitrogen functional groups attached to an aromatic ring is 1. The number of fused-ring (bicyclic) bond motifs is 1. The topological polar surface area (TPSA) is 87.0 Å². The van der Waals surface area contributed by atoms with E-state index in [0.29, 0.717) is 16.9 Å². The second-order valence-corrected chi connectivity index (χ2v) is 7.50. The summed E-state index contributed by atoms with van der Waals surface area (Å²) in [5.74, 6) is 0.667. The maximum Gasteiger partial charge on any atom is 0.213 e. The third-order valence-electron chi connectivity index (χ3n) is 5.61. The van der Waals surface area contributed by atoms with Gasteiger partial charge in [0.25, 0.3) is 0 Å². The number of nitrogens with zero attached hydrogens (tertiary/aromatic N) is 2. The number of carbonyl (C=O) groups is 1. The summed E-state index contributed by atoms with van der Waals surface area (Å²) in [4.78, 5) is 23.4. The van der Waals surface area contributed by atoms with Gasteiger partial charge in [0.05, 0.1) is 0 Å². The van der Waals surface area contributed by atoms with Crippen molar-refractivity contribution in [3.8, 4) is 11.1 Å². The molecule has 6 heteroatoms. The number of aromatic amines is 1. The Balaban J connectivity index is 0.00000128. The van der Waals surface area contributed by atoms with Gasteiger partial charge in [-0.2, -0.15) is 0 Å². The predicted molar refractivity (Wildman–Crippen MR) is 127 cm³/mol. The minimum atomic E-state index is -0.161. The summed E-state index contributed by atoms with van der Waals surface area (Å²) >= 11 is 0. The number of piperazine rings is 1. The Morgan fingerprint density at radius 3 is 2.73 bits per heavy atom. The van der Waals surface area contributed by atoms with Crippen molar-refractivity contribution < 1.29 is 9.07 Å². The van der Waals surface area contributed by atoms with Crippen LogP contribution in [0.5, 0.6) is 0 Å². The number of H-pyrrole nitrogens is 1. The lowest BCUT2D eigenvalue weighted by Gasteiger charge is -2.28. The van der Waals surface area contributed by atoms with Crippen LogP contribution in [-0.2, 0) is 0 Å². The first-order valence-electron chi connectivity index (χ1n) is 10.1. The van der Waals surface area contributed by atoms with Crippen LogP contribution >= 0.6 is 0 Å². The van der Waals surface area contributed by atoms with E-state index >= 15 is 0 Å². The average molecular weight is 404 g/mol. The van der Waals surface area contributed by atoms with Gasteiger partial charge in [-0.3, -0.25) is 4.79 Å². The molecule has 0 aliphatic carbocycles. The molecule has 1 fully saturated rings. The molecule has 0 radical (unpaired) electrons. The highest BCUT2D eigenvalue weighted by atomic mass is 16.1. The first kappa shape index (κ1) is 18.4. The molecule has 3 heterocycles. The van der Waals surface area contributed by atoms with Gasteiger partial charge in [-0.1, -0.05) is 30.3 Å². The van der Waals surface area contributed by atoms with Gasteiger partial charge in [-0.15, -0.1) is 0 Å². The average Bonchev–Trinajstić information content (AvgIpc) is 3.24. The third kappa shape index (κ3) is 3.31. The Morgan fingerprint density at radius 2 is 1.87 bits per heavy atom. The largest absolute Gasteiger partial charge is 0.398 e. The first-order chi connectivity index (χ1) is 14.7. The number of hydrogen-bond donors (Lipinski definition) is 3. The summed E-state index contributed by atoms with van der Waals surface area (Å²) in [5.41, 5.74) is 10.6. The molecule has 1 aliphatic heterocycles. The number of aromatic nitrogens is 2. The summed E-state index contributed by atoms with van der Waals surface area (Å²) in [6, 6.07) is 19.3. The molecule has 2 aromatic carbocycles. The number of rotatable bonds is 4. The molecule has 30 heavy (non-hydrogen) atoms. The second kappa shape index (κ2) is 7.65. The van der Waals surface area contributed by atoms with Crippen LogP contribution in [0.2, 0.25) is 0 Å². The van der Waals surface area contributed by atoms with Gasteiger partial charge in [-0.05, 0) is 35.9 Å². The number of pyridine rings is 1. The van der Waals surface area contributed by atoms with Crippen LogP contribution < -0.4 is 16.0 Å². The lowest BCUT2D eigenvalue weighted by Crippen LogP contribution is -2.44. The zero-order valence-corrected chi connectivity index (χ0v) is 16.6. The van der Waals surface area contributed by atoms with Crippen molar-refractivity contribution in [1.29, 1.82) is 0 Å². The minimum Gasteiger partial charge on any atom is -0.398 e. The number of anilines is 2. The lowest BCUT2D eigenvalue weighted by atomic mass is 9.98. The zero-order valence-electron chi connectivity index (χ0n) is 16.6. The van der Waals surface area contributed by atoms with E-state index in [2.05, 4.69) is 26.3 Å². The molecular formula is C24H29N5O. The molecule has 1 aliphatic rings. The first-order valence-corrected chi connectivity index (χ1v) is 10.1. The van der Waals surface area contributed by atoms with Crippen LogP contribution in [0, 0.1) is 0 Å². The molecule has 0 atom stereocenters. The normalized spacial score (nSPS) is 14.2. The maximum atomic E-state index is 13.3. The van der Waals surface area contributed by atoms with Gasteiger partial charge in [0, 0.05) is 64.4 Å². The van der Waals surface area contributed by atoms with Crippen molar-refractivity contribution in [1.82, 2.24) is 15.3 Å². The molecular weight excluding hydrogens is 374 g/mol. The molecule has 0 unspecified atom stereocenters. The molecule has 1 saturated heterocycles. The summed E-state index contributed by atoms with van der Waals surface area (Å²) in [7, 11) is 0. The Kier molecular flexibility index (Phi) is 4.69. The maximum absolute atomic E-state index is 13.3. The lowest BCUT2D eigenvalue weighted by molar-refractivity contribution is 0.103. The molecule has 0 bridgehead atoms. The number of carbonyl (C=O) groups excluding carboxylic acids is 1. The standard InChI is InChI=1S/C24H23N5O.3H2/c25-20-9-8-16(19-15-27-21-5-2-1-4-17(19)21)14-18(20)24(30)22-6-3-7-23(28-22)29-12-10-26-11-13-29;;;/h1-9,14-15,26-27H,10-13,25H2;3*1H. The molecule has 4 N–H and O–H groups in total. The van der Waals surface area contributed by atoms with Crippen LogP contribution in [-0.4, -0.2) is 41.9 Å². The summed E-state index contributed by atoms with van der Waals surface area (Å²) in [5, 5.41) is 4.44. The Labute approximate surface area is 179 Å². The molecule has 0 saturated carbocycles. The Bertz CT molecular complexity index is 1240. The second-order valence-electron chi connectivity index (χ2n) is 7.50. The number of ketones is 1. The molecule has 4 aromatic rings. The number of hydrogen-bond acceptors (Lipinski definition) is 5.